The van der Waals surface area contributed by atoms with E-state index in [1.54, 1.807) is 17.3 Å². The highest BCUT2D eigenvalue weighted by atomic mass is 32.2. The minimum atomic E-state index is -0.683. The lowest BCUT2D eigenvalue weighted by molar-refractivity contribution is -0.138. The molecular formula is C29H36N6O3S. The normalized spacial score (nSPS) is 14.2. The van der Waals surface area contributed by atoms with Gasteiger partial charge < -0.3 is 19.9 Å². The molecule has 1 N–H and O–H groups in total. The number of thioether (sulfide) groups is 1. The summed E-state index contributed by atoms with van der Waals surface area (Å²) in [5.74, 6) is -0.397. The van der Waals surface area contributed by atoms with Gasteiger partial charge in [-0.2, -0.15) is 0 Å². The number of nitrogens with one attached hydrogen (secondary N) is 1. The second-order valence-electron chi connectivity index (χ2n) is 9.93. The SMILES string of the molecule is Cc1cc(C)nc(SCC(=O)N(Cc2cccnc2)C(C(=O)Nc2ccc(N3CCOCC3)cc2)C(C)C)n1. The Morgan fingerprint density at radius 2 is 1.77 bits per heavy atom. The standard InChI is InChI=1S/C29H36N6O3S/c1-20(2)27(28(37)33-24-7-9-25(10-8-24)34-12-14-38-15-13-34)35(18-23-6-5-11-30-17-23)26(36)19-39-29-31-21(3)16-22(4)32-29/h5-11,16-17,20,27H,12-15,18-19H2,1-4H3,(H,33,37). The molecule has 39 heavy (non-hydrogen) atoms. The molecule has 0 aliphatic carbocycles. The number of pyridine rings is 1. The minimum absolute atomic E-state index is 0.119. The Bertz CT molecular complexity index is 1230. The molecule has 2 aromatic heterocycles. The number of benzene rings is 1. The molecule has 1 aliphatic heterocycles. The number of hydrogen-bond acceptors (Lipinski definition) is 8. The molecule has 1 fully saturated rings. The molecule has 0 bridgehead atoms. The zero-order chi connectivity index (χ0) is 27.8. The number of anilines is 2. The van der Waals surface area contributed by atoms with Crippen LogP contribution in [-0.4, -0.2) is 69.8 Å². The predicted octanol–water partition coefficient (Wildman–Crippen LogP) is 4.11. The number of aromatic nitrogens is 3. The zero-order valence-corrected chi connectivity index (χ0v) is 23.8. The lowest BCUT2D eigenvalue weighted by atomic mass is 10.0. The van der Waals surface area contributed by atoms with Gasteiger partial charge in [0, 0.05) is 54.8 Å². The van der Waals surface area contributed by atoms with E-state index < -0.39 is 6.04 Å². The van der Waals surface area contributed by atoms with Gasteiger partial charge in [0.2, 0.25) is 11.8 Å². The van der Waals surface area contributed by atoms with Gasteiger partial charge >= 0.3 is 0 Å². The second-order valence-corrected chi connectivity index (χ2v) is 10.9. The predicted molar refractivity (Wildman–Crippen MR) is 154 cm³/mol. The number of carbonyl (C=O) groups excluding carboxylic acids is 2. The van der Waals surface area contributed by atoms with Crippen molar-refractivity contribution in [2.24, 2.45) is 5.92 Å². The van der Waals surface area contributed by atoms with Gasteiger partial charge in [0.05, 0.1) is 19.0 Å². The van der Waals surface area contributed by atoms with Gasteiger partial charge in [-0.25, -0.2) is 9.97 Å². The molecule has 206 valence electrons. The van der Waals surface area contributed by atoms with Crippen molar-refractivity contribution in [1.82, 2.24) is 19.9 Å². The fraction of sp³-hybridized carbons (Fsp3) is 0.414. The van der Waals surface area contributed by atoms with Crippen LogP contribution in [0.25, 0.3) is 0 Å². The summed E-state index contributed by atoms with van der Waals surface area (Å²) in [5, 5.41) is 3.59. The Hall–Kier alpha value is -3.50. The van der Waals surface area contributed by atoms with Crippen molar-refractivity contribution in [2.75, 3.05) is 42.3 Å². The van der Waals surface area contributed by atoms with Crippen LogP contribution in [0.3, 0.4) is 0 Å². The lowest BCUT2D eigenvalue weighted by Crippen LogP contribution is -2.50. The summed E-state index contributed by atoms with van der Waals surface area (Å²) in [6.45, 7) is 11.1. The number of ether oxygens (including phenoxy) is 1. The average molecular weight is 549 g/mol. The molecule has 1 aliphatic rings. The molecule has 1 atom stereocenters. The summed E-state index contributed by atoms with van der Waals surface area (Å²) in [7, 11) is 0. The summed E-state index contributed by atoms with van der Waals surface area (Å²) in [6, 6.07) is 12.8. The molecule has 3 aromatic rings. The maximum absolute atomic E-state index is 13.7. The Labute approximate surface area is 234 Å². The van der Waals surface area contributed by atoms with Crippen molar-refractivity contribution in [1.29, 1.82) is 0 Å². The van der Waals surface area contributed by atoms with Crippen molar-refractivity contribution in [3.05, 3.63) is 71.8 Å². The molecule has 0 saturated carbocycles. The first-order valence-corrected chi connectivity index (χ1v) is 14.2. The van der Waals surface area contributed by atoms with Gasteiger partial charge in [0.1, 0.15) is 6.04 Å². The second kappa shape index (κ2) is 13.5. The van der Waals surface area contributed by atoms with E-state index >= 15 is 0 Å². The first kappa shape index (κ1) is 28.5. The van der Waals surface area contributed by atoms with Crippen LogP contribution in [-0.2, 0) is 20.9 Å². The van der Waals surface area contributed by atoms with Crippen LogP contribution in [0.2, 0.25) is 0 Å². The molecule has 10 heteroatoms. The van der Waals surface area contributed by atoms with Crippen LogP contribution < -0.4 is 10.2 Å². The largest absolute Gasteiger partial charge is 0.378 e. The van der Waals surface area contributed by atoms with E-state index in [2.05, 4.69) is 25.2 Å². The maximum Gasteiger partial charge on any atom is 0.247 e. The zero-order valence-electron chi connectivity index (χ0n) is 23.0. The number of hydrogen-bond donors (Lipinski definition) is 1. The third-order valence-electron chi connectivity index (χ3n) is 6.43. The summed E-state index contributed by atoms with van der Waals surface area (Å²) >= 11 is 1.28. The molecule has 4 rings (SSSR count). The molecule has 9 nitrogen and oxygen atoms in total. The van der Waals surface area contributed by atoms with Crippen LogP contribution >= 0.6 is 11.8 Å². The molecule has 0 radical (unpaired) electrons. The van der Waals surface area contributed by atoms with Crippen LogP contribution in [0, 0.1) is 19.8 Å². The molecule has 2 amide bonds. The number of carbonyl (C=O) groups is 2. The first-order chi connectivity index (χ1) is 18.8. The fourth-order valence-electron chi connectivity index (χ4n) is 4.59. The summed E-state index contributed by atoms with van der Waals surface area (Å²) in [6.07, 6.45) is 3.41. The van der Waals surface area contributed by atoms with Crippen molar-refractivity contribution in [3.63, 3.8) is 0 Å². The smallest absolute Gasteiger partial charge is 0.247 e. The summed E-state index contributed by atoms with van der Waals surface area (Å²) in [5.41, 5.74) is 4.34. The monoisotopic (exact) mass is 548 g/mol. The van der Waals surface area contributed by atoms with Crippen LogP contribution in [0.15, 0.2) is 60.0 Å². The number of amides is 2. The van der Waals surface area contributed by atoms with Gasteiger partial charge in [0.25, 0.3) is 0 Å². The van der Waals surface area contributed by atoms with Crippen LogP contribution in [0.5, 0.6) is 0 Å². The Kier molecular flexibility index (Phi) is 9.89. The van der Waals surface area contributed by atoms with E-state index in [-0.39, 0.29) is 30.0 Å². The topological polar surface area (TPSA) is 101 Å². The molecule has 0 spiro atoms. The van der Waals surface area contributed by atoms with E-state index in [9.17, 15) is 9.59 Å². The molecule has 1 aromatic carbocycles. The van der Waals surface area contributed by atoms with Gasteiger partial charge in [-0.3, -0.25) is 14.6 Å². The van der Waals surface area contributed by atoms with E-state index in [0.717, 1.165) is 35.7 Å². The molecule has 1 saturated heterocycles. The van der Waals surface area contributed by atoms with Crippen molar-refractivity contribution in [2.45, 2.75) is 45.4 Å². The van der Waals surface area contributed by atoms with Gasteiger partial charge in [-0.15, -0.1) is 0 Å². The van der Waals surface area contributed by atoms with E-state index in [4.69, 9.17) is 4.74 Å². The fourth-order valence-corrected chi connectivity index (χ4v) is 5.43. The Morgan fingerprint density at radius 1 is 1.08 bits per heavy atom. The molecule has 1 unspecified atom stereocenters. The summed E-state index contributed by atoms with van der Waals surface area (Å²) in [4.78, 5) is 44.3. The van der Waals surface area contributed by atoms with E-state index in [1.165, 1.54) is 11.8 Å². The first-order valence-electron chi connectivity index (χ1n) is 13.2. The number of nitrogens with zero attached hydrogens (tertiary/aromatic N) is 5. The highest BCUT2D eigenvalue weighted by Crippen LogP contribution is 2.23. The minimum Gasteiger partial charge on any atom is -0.378 e. The third kappa shape index (κ3) is 8.00. The maximum atomic E-state index is 13.7. The highest BCUT2D eigenvalue weighted by molar-refractivity contribution is 7.99. The highest BCUT2D eigenvalue weighted by Gasteiger charge is 2.33. The number of morpholine rings is 1. The third-order valence-corrected chi connectivity index (χ3v) is 7.26. The van der Waals surface area contributed by atoms with Crippen molar-refractivity contribution >= 4 is 35.0 Å². The van der Waals surface area contributed by atoms with E-state index in [0.29, 0.717) is 24.1 Å². The van der Waals surface area contributed by atoms with Crippen LogP contribution in [0.1, 0.15) is 30.8 Å². The summed E-state index contributed by atoms with van der Waals surface area (Å²) < 4.78 is 5.44. The molecule has 3 heterocycles. The number of aryl methyl sites for hydroxylation is 2. The average Bonchev–Trinajstić information content (AvgIpc) is 2.92. The number of rotatable bonds is 10. The van der Waals surface area contributed by atoms with Crippen molar-refractivity contribution in [3.8, 4) is 0 Å². The van der Waals surface area contributed by atoms with Crippen molar-refractivity contribution < 1.29 is 14.3 Å². The molecular weight excluding hydrogens is 512 g/mol. The van der Waals surface area contributed by atoms with Gasteiger partial charge in [0.15, 0.2) is 5.16 Å². The van der Waals surface area contributed by atoms with Gasteiger partial charge in [-0.05, 0) is 61.7 Å². The van der Waals surface area contributed by atoms with E-state index in [1.807, 2.05) is 70.2 Å². The van der Waals surface area contributed by atoms with Gasteiger partial charge in [-0.1, -0.05) is 31.7 Å². The van der Waals surface area contributed by atoms with Crippen LogP contribution in [0.4, 0.5) is 11.4 Å². The quantitative estimate of drug-likeness (QED) is 0.299. The lowest BCUT2D eigenvalue weighted by Gasteiger charge is -2.33. The Balaban J connectivity index is 1.51. The Morgan fingerprint density at radius 3 is 2.38 bits per heavy atom.